The van der Waals surface area contributed by atoms with Crippen molar-refractivity contribution in [2.24, 2.45) is 11.7 Å². The van der Waals surface area contributed by atoms with E-state index < -0.39 is 0 Å². The summed E-state index contributed by atoms with van der Waals surface area (Å²) in [6.07, 6.45) is 2.02. The Labute approximate surface area is 67.9 Å². The average molecular weight is 159 g/mol. The van der Waals surface area contributed by atoms with Crippen molar-refractivity contribution in [1.82, 2.24) is 0 Å². The van der Waals surface area contributed by atoms with Gasteiger partial charge in [0.25, 0.3) is 0 Å². The van der Waals surface area contributed by atoms with Gasteiger partial charge in [-0.15, -0.1) is 0 Å². The van der Waals surface area contributed by atoms with Gasteiger partial charge in [0.05, 0.1) is 6.61 Å². The van der Waals surface area contributed by atoms with Gasteiger partial charge in [-0.2, -0.15) is 0 Å². The Morgan fingerprint density at radius 1 is 1.64 bits per heavy atom. The molecule has 1 heterocycles. The van der Waals surface area contributed by atoms with Gasteiger partial charge in [-0.3, -0.25) is 0 Å². The van der Waals surface area contributed by atoms with Crippen molar-refractivity contribution < 1.29 is 9.47 Å². The fourth-order valence-corrected chi connectivity index (χ4v) is 1.38. The zero-order valence-electron chi connectivity index (χ0n) is 7.08. The molecular formula is C8H17NO2. The monoisotopic (exact) mass is 159 g/mol. The Bertz CT molecular complexity index is 108. The smallest absolute Gasteiger partial charge is 0.0509 e. The Morgan fingerprint density at radius 2 is 2.45 bits per heavy atom. The molecule has 1 fully saturated rings. The van der Waals surface area contributed by atoms with Crippen LogP contribution in [-0.4, -0.2) is 33.0 Å². The van der Waals surface area contributed by atoms with E-state index >= 15 is 0 Å². The van der Waals surface area contributed by atoms with Crippen LogP contribution in [0.15, 0.2) is 0 Å². The van der Waals surface area contributed by atoms with Crippen LogP contribution < -0.4 is 5.73 Å². The Hall–Kier alpha value is -0.120. The Balaban J connectivity index is 2.18. The highest BCUT2D eigenvalue weighted by Gasteiger charge is 2.21. The fourth-order valence-electron chi connectivity index (χ4n) is 1.38. The van der Waals surface area contributed by atoms with E-state index in [4.69, 9.17) is 15.2 Å². The summed E-state index contributed by atoms with van der Waals surface area (Å²) < 4.78 is 10.3. The van der Waals surface area contributed by atoms with Crippen molar-refractivity contribution >= 4 is 0 Å². The van der Waals surface area contributed by atoms with Crippen LogP contribution in [0.25, 0.3) is 0 Å². The molecule has 0 spiro atoms. The molecule has 0 saturated carbocycles. The Kier molecular flexibility index (Phi) is 3.83. The van der Waals surface area contributed by atoms with Crippen LogP contribution in [0, 0.1) is 5.92 Å². The van der Waals surface area contributed by atoms with Crippen LogP contribution >= 0.6 is 0 Å². The Morgan fingerprint density at radius 3 is 3.09 bits per heavy atom. The van der Waals surface area contributed by atoms with Crippen LogP contribution in [0.5, 0.6) is 0 Å². The van der Waals surface area contributed by atoms with Crippen molar-refractivity contribution in [3.05, 3.63) is 0 Å². The van der Waals surface area contributed by atoms with Crippen LogP contribution in [0.3, 0.4) is 0 Å². The van der Waals surface area contributed by atoms with E-state index in [1.807, 2.05) is 0 Å². The fraction of sp³-hybridized carbons (Fsp3) is 1.00. The van der Waals surface area contributed by atoms with Crippen LogP contribution in [0.4, 0.5) is 0 Å². The SMILES string of the molecule is COCCC1COCCC1N. The maximum absolute atomic E-state index is 5.88. The highest BCUT2D eigenvalue weighted by molar-refractivity contribution is 4.75. The zero-order valence-corrected chi connectivity index (χ0v) is 7.08. The van der Waals surface area contributed by atoms with E-state index in [9.17, 15) is 0 Å². The molecule has 0 amide bonds. The summed E-state index contributed by atoms with van der Waals surface area (Å²) in [6.45, 7) is 2.43. The summed E-state index contributed by atoms with van der Waals surface area (Å²) in [4.78, 5) is 0. The van der Waals surface area contributed by atoms with Crippen molar-refractivity contribution in [2.45, 2.75) is 18.9 Å². The largest absolute Gasteiger partial charge is 0.385 e. The minimum absolute atomic E-state index is 0.318. The summed E-state index contributed by atoms with van der Waals surface area (Å²) in [7, 11) is 1.72. The molecule has 3 nitrogen and oxygen atoms in total. The summed E-state index contributed by atoms with van der Waals surface area (Å²) in [5.41, 5.74) is 5.88. The molecule has 1 aliphatic rings. The molecule has 0 bridgehead atoms. The lowest BCUT2D eigenvalue weighted by Gasteiger charge is -2.28. The molecule has 2 N–H and O–H groups in total. The van der Waals surface area contributed by atoms with Crippen molar-refractivity contribution in [3.8, 4) is 0 Å². The topological polar surface area (TPSA) is 44.5 Å². The third-order valence-electron chi connectivity index (χ3n) is 2.23. The van der Waals surface area contributed by atoms with E-state index in [2.05, 4.69) is 0 Å². The second-order valence-electron chi connectivity index (χ2n) is 3.07. The van der Waals surface area contributed by atoms with Gasteiger partial charge in [0.1, 0.15) is 0 Å². The molecule has 1 rings (SSSR count). The molecule has 0 radical (unpaired) electrons. The van der Waals surface area contributed by atoms with Gasteiger partial charge < -0.3 is 15.2 Å². The maximum atomic E-state index is 5.88. The van der Waals surface area contributed by atoms with Gasteiger partial charge in [0.15, 0.2) is 0 Å². The number of rotatable bonds is 3. The van der Waals surface area contributed by atoms with Gasteiger partial charge in [-0.25, -0.2) is 0 Å². The van der Waals surface area contributed by atoms with E-state index in [0.717, 1.165) is 32.7 Å². The van der Waals surface area contributed by atoms with Crippen molar-refractivity contribution in [2.75, 3.05) is 26.9 Å². The molecule has 11 heavy (non-hydrogen) atoms. The first-order chi connectivity index (χ1) is 5.34. The van der Waals surface area contributed by atoms with Crippen LogP contribution in [-0.2, 0) is 9.47 Å². The summed E-state index contributed by atoms with van der Waals surface area (Å²) in [5.74, 6) is 0.503. The van der Waals surface area contributed by atoms with Gasteiger partial charge in [0.2, 0.25) is 0 Å². The maximum Gasteiger partial charge on any atom is 0.0509 e. The second kappa shape index (κ2) is 4.70. The first-order valence-corrected chi connectivity index (χ1v) is 4.17. The van der Waals surface area contributed by atoms with E-state index in [1.165, 1.54) is 0 Å². The molecule has 0 aliphatic carbocycles. The lowest BCUT2D eigenvalue weighted by Crippen LogP contribution is -2.39. The van der Waals surface area contributed by atoms with Gasteiger partial charge in [0, 0.05) is 26.4 Å². The summed E-state index contributed by atoms with van der Waals surface area (Å²) in [6, 6.07) is 0.318. The van der Waals surface area contributed by atoms with Crippen LogP contribution in [0.1, 0.15) is 12.8 Å². The number of ether oxygens (including phenoxy) is 2. The summed E-state index contributed by atoms with van der Waals surface area (Å²) >= 11 is 0. The first kappa shape index (κ1) is 8.97. The van der Waals surface area contributed by atoms with E-state index in [1.54, 1.807) is 7.11 Å². The molecule has 66 valence electrons. The molecule has 2 unspecified atom stereocenters. The van der Waals surface area contributed by atoms with E-state index in [-0.39, 0.29) is 0 Å². The van der Waals surface area contributed by atoms with Gasteiger partial charge in [-0.05, 0) is 18.8 Å². The highest BCUT2D eigenvalue weighted by atomic mass is 16.5. The quantitative estimate of drug-likeness (QED) is 0.647. The molecule has 2 atom stereocenters. The minimum Gasteiger partial charge on any atom is -0.385 e. The second-order valence-corrected chi connectivity index (χ2v) is 3.07. The lowest BCUT2D eigenvalue weighted by molar-refractivity contribution is 0.0282. The van der Waals surface area contributed by atoms with Crippen LogP contribution in [0.2, 0.25) is 0 Å². The standard InChI is InChI=1S/C8H17NO2/c1-10-4-2-7-6-11-5-3-8(7)9/h7-8H,2-6,9H2,1H3. The number of hydrogen-bond acceptors (Lipinski definition) is 3. The summed E-state index contributed by atoms with van der Waals surface area (Å²) in [5, 5.41) is 0. The number of nitrogens with two attached hydrogens (primary N) is 1. The molecule has 1 aliphatic heterocycles. The number of methoxy groups -OCH3 is 1. The average Bonchev–Trinajstić information content (AvgIpc) is 2.03. The van der Waals surface area contributed by atoms with Crippen molar-refractivity contribution in [3.63, 3.8) is 0 Å². The predicted molar refractivity (Wildman–Crippen MR) is 43.4 cm³/mol. The third kappa shape index (κ3) is 2.77. The molecule has 1 saturated heterocycles. The molecule has 0 aromatic carbocycles. The number of hydrogen-bond donors (Lipinski definition) is 1. The minimum atomic E-state index is 0.318. The highest BCUT2D eigenvalue weighted by Crippen LogP contribution is 2.15. The lowest BCUT2D eigenvalue weighted by atomic mass is 9.94. The molecule has 0 aromatic heterocycles. The first-order valence-electron chi connectivity index (χ1n) is 4.17. The van der Waals surface area contributed by atoms with Gasteiger partial charge in [-0.1, -0.05) is 0 Å². The van der Waals surface area contributed by atoms with Gasteiger partial charge >= 0.3 is 0 Å². The zero-order chi connectivity index (χ0) is 8.10. The molecule has 3 heteroatoms. The molecule has 0 aromatic rings. The van der Waals surface area contributed by atoms with E-state index in [0.29, 0.717) is 12.0 Å². The van der Waals surface area contributed by atoms with Crippen molar-refractivity contribution in [1.29, 1.82) is 0 Å². The normalized spacial score (nSPS) is 32.2. The third-order valence-corrected chi connectivity index (χ3v) is 2.23. The predicted octanol–water partition coefficient (Wildman–Crippen LogP) is 0.387. The molecular weight excluding hydrogens is 142 g/mol.